The average Bonchev–Trinajstić information content (AvgIpc) is 3.09. The molecule has 0 aliphatic heterocycles. The number of halogens is 2. The zero-order valence-corrected chi connectivity index (χ0v) is 17.2. The molecule has 0 aliphatic carbocycles. The van der Waals surface area contributed by atoms with Gasteiger partial charge >= 0.3 is 5.69 Å². The van der Waals surface area contributed by atoms with Crippen molar-refractivity contribution in [1.82, 2.24) is 19.3 Å². The molecular weight excluding hydrogens is 429 g/mol. The predicted octanol–water partition coefficient (Wildman–Crippen LogP) is 3.36. The summed E-state index contributed by atoms with van der Waals surface area (Å²) in [6.07, 6.45) is 1.83. The lowest BCUT2D eigenvalue weighted by molar-refractivity contribution is 0.412. The van der Waals surface area contributed by atoms with Crippen molar-refractivity contribution in [2.75, 3.05) is 7.11 Å². The molecular formula is C20H13Cl2N5O3. The maximum atomic E-state index is 12.1. The minimum Gasteiger partial charge on any atom is -0.496 e. The normalized spacial score (nSPS) is 10.9. The number of hydrogen-bond acceptors (Lipinski definition) is 5. The van der Waals surface area contributed by atoms with Crippen molar-refractivity contribution in [3.8, 4) is 23.2 Å². The maximum Gasteiger partial charge on any atom is 0.349 e. The van der Waals surface area contributed by atoms with Gasteiger partial charge in [0.25, 0.3) is 5.56 Å². The summed E-state index contributed by atoms with van der Waals surface area (Å²) < 4.78 is 8.07. The molecule has 0 fully saturated rings. The van der Waals surface area contributed by atoms with Crippen LogP contribution in [-0.4, -0.2) is 26.4 Å². The fraction of sp³-hybridized carbons (Fsp3) is 0.100. The van der Waals surface area contributed by atoms with Gasteiger partial charge in [-0.1, -0.05) is 23.2 Å². The molecule has 0 spiro atoms. The third-order valence-electron chi connectivity index (χ3n) is 4.63. The second-order valence-corrected chi connectivity index (χ2v) is 7.27. The van der Waals surface area contributed by atoms with Crippen molar-refractivity contribution < 1.29 is 4.74 Å². The molecule has 0 bridgehead atoms. The minimum absolute atomic E-state index is 0.209. The summed E-state index contributed by atoms with van der Waals surface area (Å²) in [5, 5.41) is 14.2. The van der Waals surface area contributed by atoms with Gasteiger partial charge in [-0.2, -0.15) is 9.94 Å². The molecule has 0 saturated heterocycles. The molecule has 0 saturated carbocycles. The fourth-order valence-electron chi connectivity index (χ4n) is 3.23. The number of benzene rings is 2. The summed E-state index contributed by atoms with van der Waals surface area (Å²) in [6.45, 7) is 1.93. The zero-order valence-electron chi connectivity index (χ0n) is 15.7. The molecule has 0 amide bonds. The second kappa shape index (κ2) is 7.37. The molecule has 2 aromatic carbocycles. The topological polar surface area (TPSA) is 106 Å². The predicted molar refractivity (Wildman–Crippen MR) is 113 cm³/mol. The van der Waals surface area contributed by atoms with E-state index in [1.807, 2.05) is 40.9 Å². The van der Waals surface area contributed by atoms with E-state index in [-0.39, 0.29) is 15.7 Å². The first-order valence-electron chi connectivity index (χ1n) is 8.63. The smallest absolute Gasteiger partial charge is 0.349 e. The Morgan fingerprint density at radius 2 is 1.87 bits per heavy atom. The van der Waals surface area contributed by atoms with Crippen LogP contribution in [0.1, 0.15) is 11.3 Å². The van der Waals surface area contributed by atoms with Crippen LogP contribution in [0.2, 0.25) is 10.0 Å². The van der Waals surface area contributed by atoms with Crippen LogP contribution < -0.4 is 16.0 Å². The molecule has 0 atom stereocenters. The molecule has 150 valence electrons. The molecule has 30 heavy (non-hydrogen) atoms. The van der Waals surface area contributed by atoms with Gasteiger partial charge in [-0.25, -0.2) is 4.79 Å². The van der Waals surface area contributed by atoms with E-state index in [1.165, 1.54) is 12.1 Å². The monoisotopic (exact) mass is 441 g/mol. The number of nitrogens with zero attached hydrogens (tertiary/aromatic N) is 4. The largest absolute Gasteiger partial charge is 0.496 e. The van der Waals surface area contributed by atoms with Crippen LogP contribution in [0.15, 0.2) is 46.1 Å². The Labute approximate surface area is 179 Å². The highest BCUT2D eigenvalue weighted by atomic mass is 35.5. The van der Waals surface area contributed by atoms with Crippen LogP contribution in [0.5, 0.6) is 5.75 Å². The van der Waals surface area contributed by atoms with E-state index in [1.54, 1.807) is 13.2 Å². The number of H-pyrrole nitrogens is 1. The number of aryl methyl sites for hydroxylation is 1. The number of nitriles is 1. The molecule has 4 aromatic rings. The molecule has 0 unspecified atom stereocenters. The Morgan fingerprint density at radius 1 is 1.17 bits per heavy atom. The highest BCUT2D eigenvalue weighted by molar-refractivity contribution is 6.38. The summed E-state index contributed by atoms with van der Waals surface area (Å²) >= 11 is 13.0. The molecule has 4 rings (SSSR count). The van der Waals surface area contributed by atoms with Crippen molar-refractivity contribution in [2.45, 2.75) is 6.92 Å². The quantitative estimate of drug-likeness (QED) is 0.524. The number of rotatable bonds is 3. The van der Waals surface area contributed by atoms with Gasteiger partial charge in [0.1, 0.15) is 11.8 Å². The summed E-state index contributed by atoms with van der Waals surface area (Å²) in [5.41, 5.74) is 0.412. The van der Waals surface area contributed by atoms with Gasteiger partial charge in [0.05, 0.1) is 34.0 Å². The molecule has 8 nitrogen and oxygen atoms in total. The van der Waals surface area contributed by atoms with E-state index in [0.717, 1.165) is 26.9 Å². The van der Waals surface area contributed by atoms with Gasteiger partial charge in [0, 0.05) is 11.6 Å². The van der Waals surface area contributed by atoms with E-state index in [0.29, 0.717) is 5.69 Å². The van der Waals surface area contributed by atoms with Crippen LogP contribution in [0.25, 0.3) is 22.3 Å². The lowest BCUT2D eigenvalue weighted by Crippen LogP contribution is -2.33. The number of aromatic nitrogens is 4. The molecule has 2 heterocycles. The Morgan fingerprint density at radius 3 is 2.50 bits per heavy atom. The molecule has 0 aliphatic rings. The van der Waals surface area contributed by atoms with E-state index in [9.17, 15) is 9.59 Å². The summed E-state index contributed by atoms with van der Waals surface area (Å²) in [6, 6.07) is 10.4. The number of nitrogens with one attached hydrogen (secondary N) is 1. The van der Waals surface area contributed by atoms with Crippen molar-refractivity contribution in [3.05, 3.63) is 78.7 Å². The maximum absolute atomic E-state index is 12.1. The number of fused-ring (bicyclic) bond motifs is 1. The first kappa shape index (κ1) is 19.8. The lowest BCUT2D eigenvalue weighted by Gasteiger charge is -2.14. The third kappa shape index (κ3) is 3.14. The number of ether oxygens (including phenoxy) is 1. The first-order chi connectivity index (χ1) is 14.3. The van der Waals surface area contributed by atoms with Crippen LogP contribution in [0.3, 0.4) is 0 Å². The molecule has 10 heteroatoms. The lowest BCUT2D eigenvalue weighted by atomic mass is 10.1. The van der Waals surface area contributed by atoms with E-state index < -0.39 is 16.9 Å². The summed E-state index contributed by atoms with van der Waals surface area (Å²) in [5.74, 6) is 0.768. The van der Waals surface area contributed by atoms with Crippen LogP contribution in [0, 0.1) is 18.3 Å². The fourth-order valence-corrected chi connectivity index (χ4v) is 3.89. The van der Waals surface area contributed by atoms with Crippen LogP contribution in [-0.2, 0) is 0 Å². The van der Waals surface area contributed by atoms with Gasteiger partial charge < -0.3 is 9.30 Å². The number of aromatic amines is 1. The SMILES string of the molecule is COc1cc2ccn(-c3c(Cl)cc(-n4nc(C#N)c(=O)[nH]c4=O)cc3Cl)c2cc1C. The Bertz CT molecular complexity index is 1450. The second-order valence-electron chi connectivity index (χ2n) is 6.46. The average molecular weight is 442 g/mol. The third-order valence-corrected chi connectivity index (χ3v) is 5.20. The van der Waals surface area contributed by atoms with Gasteiger partial charge in [0.15, 0.2) is 0 Å². The standard InChI is InChI=1S/C20H13Cl2N5O3/c1-10-5-16-11(6-17(10)30-2)3-4-26(16)18-13(21)7-12(8-14(18)22)27-20(29)24-19(28)15(9-23)25-27/h3-8H,1-2H3,(H,24,28,29). The van der Waals surface area contributed by atoms with Gasteiger partial charge in [-0.3, -0.25) is 9.78 Å². The van der Waals surface area contributed by atoms with Crippen LogP contribution in [0.4, 0.5) is 0 Å². The molecule has 0 radical (unpaired) electrons. The van der Waals surface area contributed by atoms with Crippen molar-refractivity contribution in [1.29, 1.82) is 5.26 Å². The van der Waals surface area contributed by atoms with Gasteiger partial charge in [0.2, 0.25) is 5.69 Å². The molecule has 1 N–H and O–H groups in total. The highest BCUT2D eigenvalue weighted by Crippen LogP contribution is 2.35. The van der Waals surface area contributed by atoms with Crippen molar-refractivity contribution in [2.24, 2.45) is 0 Å². The van der Waals surface area contributed by atoms with Gasteiger partial charge in [-0.05, 0) is 42.8 Å². The number of hydrogen-bond donors (Lipinski definition) is 1. The Balaban J connectivity index is 1.91. The zero-order chi connectivity index (χ0) is 21.6. The van der Waals surface area contributed by atoms with Crippen LogP contribution >= 0.6 is 23.2 Å². The van der Waals surface area contributed by atoms with Crippen molar-refractivity contribution >= 4 is 34.1 Å². The first-order valence-corrected chi connectivity index (χ1v) is 9.39. The summed E-state index contributed by atoms with van der Waals surface area (Å²) in [7, 11) is 1.61. The van der Waals surface area contributed by atoms with E-state index in [2.05, 4.69) is 5.10 Å². The van der Waals surface area contributed by atoms with Gasteiger partial charge in [-0.15, -0.1) is 5.10 Å². The minimum atomic E-state index is -0.864. The number of methoxy groups -OCH3 is 1. The Hall–Kier alpha value is -3.54. The Kier molecular flexibility index (Phi) is 4.86. The van der Waals surface area contributed by atoms with E-state index in [4.69, 9.17) is 33.2 Å². The molecule has 2 aromatic heterocycles. The highest BCUT2D eigenvalue weighted by Gasteiger charge is 2.16. The summed E-state index contributed by atoms with van der Waals surface area (Å²) in [4.78, 5) is 25.8. The van der Waals surface area contributed by atoms with Crippen molar-refractivity contribution in [3.63, 3.8) is 0 Å². The van der Waals surface area contributed by atoms with E-state index >= 15 is 0 Å².